The fraction of sp³-hybridized carbons (Fsp3) is 0.348. The Morgan fingerprint density at radius 1 is 1.42 bits per heavy atom. The fourth-order valence-electron chi connectivity index (χ4n) is 3.69. The second-order valence-electron chi connectivity index (χ2n) is 7.88. The minimum atomic E-state index is -0.371. The van der Waals surface area contributed by atoms with Gasteiger partial charge in [0.25, 0.3) is 5.56 Å². The van der Waals surface area contributed by atoms with Crippen molar-refractivity contribution in [2.75, 3.05) is 11.9 Å². The number of ether oxygens (including phenoxy) is 2. The number of carbonyl (C=O) groups is 1. The van der Waals surface area contributed by atoms with Crippen molar-refractivity contribution in [3.63, 3.8) is 0 Å². The maximum Gasteiger partial charge on any atom is 0.256 e. The Hall–Kier alpha value is -3.55. The minimum Gasteiger partial charge on any atom is -0.492 e. The average Bonchev–Trinajstić information content (AvgIpc) is 3.28. The summed E-state index contributed by atoms with van der Waals surface area (Å²) >= 11 is 0. The first-order valence-corrected chi connectivity index (χ1v) is 10.4. The molecule has 0 radical (unpaired) electrons. The summed E-state index contributed by atoms with van der Waals surface area (Å²) in [4.78, 5) is 27.9. The van der Waals surface area contributed by atoms with Crippen LogP contribution >= 0.6 is 0 Å². The topological polar surface area (TPSA) is 98.2 Å². The SMILES string of the molecule is CCOc1cc2c(cc1NC(=O)C=Cc1cc3cnn(C(C)C)c3[nH]c1=O)OC(C)C2. The van der Waals surface area contributed by atoms with Gasteiger partial charge in [-0.1, -0.05) is 0 Å². The molecule has 0 spiro atoms. The molecule has 1 amide bonds. The normalized spacial score (nSPS) is 15.5. The lowest BCUT2D eigenvalue weighted by Crippen LogP contribution is -2.13. The van der Waals surface area contributed by atoms with Gasteiger partial charge in [-0.2, -0.15) is 5.10 Å². The summed E-state index contributed by atoms with van der Waals surface area (Å²) in [6, 6.07) is 5.54. The molecule has 162 valence electrons. The number of nitrogens with zero attached hydrogens (tertiary/aromatic N) is 2. The maximum atomic E-state index is 12.6. The van der Waals surface area contributed by atoms with Gasteiger partial charge in [-0.15, -0.1) is 0 Å². The Bertz CT molecular complexity index is 1220. The highest BCUT2D eigenvalue weighted by Crippen LogP contribution is 2.38. The van der Waals surface area contributed by atoms with E-state index in [4.69, 9.17) is 9.47 Å². The molecule has 0 saturated heterocycles. The number of pyridine rings is 1. The summed E-state index contributed by atoms with van der Waals surface area (Å²) < 4.78 is 13.2. The predicted octanol–water partition coefficient (Wildman–Crippen LogP) is 3.68. The summed E-state index contributed by atoms with van der Waals surface area (Å²) in [5.74, 6) is 0.977. The van der Waals surface area contributed by atoms with Gasteiger partial charge in [-0.3, -0.25) is 9.59 Å². The van der Waals surface area contributed by atoms with E-state index < -0.39 is 0 Å². The summed E-state index contributed by atoms with van der Waals surface area (Å²) in [7, 11) is 0. The quantitative estimate of drug-likeness (QED) is 0.591. The zero-order valence-corrected chi connectivity index (χ0v) is 18.1. The van der Waals surface area contributed by atoms with E-state index in [1.807, 2.05) is 33.8 Å². The van der Waals surface area contributed by atoms with Gasteiger partial charge in [0.15, 0.2) is 0 Å². The van der Waals surface area contributed by atoms with Crippen LogP contribution < -0.4 is 20.3 Å². The summed E-state index contributed by atoms with van der Waals surface area (Å²) in [6.07, 6.45) is 5.42. The van der Waals surface area contributed by atoms with Gasteiger partial charge in [0, 0.05) is 41.1 Å². The number of hydrogen-bond donors (Lipinski definition) is 2. The molecule has 1 unspecified atom stereocenters. The second kappa shape index (κ2) is 8.29. The van der Waals surface area contributed by atoms with Gasteiger partial charge in [0.05, 0.1) is 18.5 Å². The largest absolute Gasteiger partial charge is 0.492 e. The molecular formula is C23H26N4O4. The molecule has 3 heterocycles. The van der Waals surface area contributed by atoms with Crippen molar-refractivity contribution in [2.24, 2.45) is 0 Å². The molecule has 0 saturated carbocycles. The number of hydrogen-bond acceptors (Lipinski definition) is 5. The molecule has 0 fully saturated rings. The molecule has 2 N–H and O–H groups in total. The van der Waals surface area contributed by atoms with E-state index in [1.54, 1.807) is 23.0 Å². The number of aromatic nitrogens is 3. The summed E-state index contributed by atoms with van der Waals surface area (Å²) in [6.45, 7) is 8.35. The lowest BCUT2D eigenvalue weighted by atomic mass is 10.1. The molecule has 4 rings (SSSR count). The number of amides is 1. The van der Waals surface area contributed by atoms with Gasteiger partial charge >= 0.3 is 0 Å². The number of aromatic amines is 1. The van der Waals surface area contributed by atoms with Crippen LogP contribution in [0.15, 0.2) is 35.3 Å². The predicted molar refractivity (Wildman–Crippen MR) is 120 cm³/mol. The van der Waals surface area contributed by atoms with Crippen molar-refractivity contribution in [1.29, 1.82) is 0 Å². The molecule has 0 aliphatic carbocycles. The van der Waals surface area contributed by atoms with Crippen LogP contribution in [0.1, 0.15) is 44.9 Å². The Morgan fingerprint density at radius 3 is 2.97 bits per heavy atom. The first-order chi connectivity index (χ1) is 14.9. The van der Waals surface area contributed by atoms with Crippen LogP contribution in [0, 0.1) is 0 Å². The standard InChI is InChI=1S/C23H26N4O4/c1-5-30-20-10-16-8-14(4)31-19(16)11-18(20)25-21(28)7-6-15-9-17-12-24-27(13(2)3)22(17)26-23(15)29/h6-7,9-14H,5,8H2,1-4H3,(H,25,28)(H,26,29). The van der Waals surface area contributed by atoms with Crippen molar-refractivity contribution in [2.45, 2.75) is 46.3 Å². The molecule has 8 nitrogen and oxygen atoms in total. The number of fused-ring (bicyclic) bond motifs is 2. The third kappa shape index (κ3) is 4.19. The Kier molecular flexibility index (Phi) is 5.54. The molecule has 31 heavy (non-hydrogen) atoms. The molecule has 1 aromatic carbocycles. The van der Waals surface area contributed by atoms with Crippen molar-refractivity contribution >= 4 is 28.7 Å². The van der Waals surface area contributed by atoms with Gasteiger partial charge in [-0.25, -0.2) is 4.68 Å². The summed E-state index contributed by atoms with van der Waals surface area (Å²) in [5.41, 5.74) is 2.35. The number of benzene rings is 1. The van der Waals surface area contributed by atoms with Crippen molar-refractivity contribution in [3.8, 4) is 11.5 Å². The lowest BCUT2D eigenvalue weighted by molar-refractivity contribution is -0.111. The highest BCUT2D eigenvalue weighted by atomic mass is 16.5. The van der Waals surface area contributed by atoms with Gasteiger partial charge in [0.2, 0.25) is 5.91 Å². The van der Waals surface area contributed by atoms with Crippen LogP contribution in [0.25, 0.3) is 17.1 Å². The van der Waals surface area contributed by atoms with Crippen molar-refractivity contribution < 1.29 is 14.3 Å². The highest BCUT2D eigenvalue weighted by Gasteiger charge is 2.22. The van der Waals surface area contributed by atoms with Crippen LogP contribution in [0.3, 0.4) is 0 Å². The zero-order chi connectivity index (χ0) is 22.1. The Balaban J connectivity index is 1.56. The van der Waals surface area contributed by atoms with Crippen molar-refractivity contribution in [1.82, 2.24) is 14.8 Å². The number of anilines is 1. The fourth-order valence-corrected chi connectivity index (χ4v) is 3.69. The maximum absolute atomic E-state index is 12.6. The van der Waals surface area contributed by atoms with Crippen LogP contribution in [-0.4, -0.2) is 33.4 Å². The molecule has 8 heteroatoms. The first-order valence-electron chi connectivity index (χ1n) is 10.4. The van der Waals surface area contributed by atoms with Crippen molar-refractivity contribution in [3.05, 3.63) is 52.0 Å². The van der Waals surface area contributed by atoms with E-state index in [1.165, 1.54) is 12.2 Å². The lowest BCUT2D eigenvalue weighted by Gasteiger charge is -2.12. The average molecular weight is 422 g/mol. The smallest absolute Gasteiger partial charge is 0.256 e. The zero-order valence-electron chi connectivity index (χ0n) is 18.1. The third-order valence-corrected chi connectivity index (χ3v) is 5.09. The van der Waals surface area contributed by atoms with E-state index in [2.05, 4.69) is 15.4 Å². The molecule has 3 aromatic rings. The number of H-pyrrole nitrogens is 1. The Morgan fingerprint density at radius 2 is 2.23 bits per heavy atom. The third-order valence-electron chi connectivity index (χ3n) is 5.09. The monoisotopic (exact) mass is 422 g/mol. The molecule has 0 bridgehead atoms. The molecular weight excluding hydrogens is 396 g/mol. The van der Waals surface area contributed by atoms with E-state index in [-0.39, 0.29) is 23.6 Å². The van der Waals surface area contributed by atoms with Gasteiger partial charge in [-0.05, 0) is 45.9 Å². The molecule has 1 aliphatic heterocycles. The summed E-state index contributed by atoms with van der Waals surface area (Å²) in [5, 5.41) is 7.94. The molecule has 1 aliphatic rings. The van der Waals surface area contributed by atoms with Crippen LogP contribution in [0.2, 0.25) is 0 Å². The number of nitrogens with one attached hydrogen (secondary N) is 2. The van der Waals surface area contributed by atoms with Gasteiger partial charge in [0.1, 0.15) is 23.3 Å². The van der Waals surface area contributed by atoms with E-state index in [0.717, 1.165) is 23.1 Å². The second-order valence-corrected chi connectivity index (χ2v) is 7.88. The van der Waals surface area contributed by atoms with Crippen LogP contribution in [0.5, 0.6) is 11.5 Å². The highest BCUT2D eigenvalue weighted by molar-refractivity contribution is 6.03. The van der Waals surface area contributed by atoms with E-state index in [9.17, 15) is 9.59 Å². The number of rotatable bonds is 6. The minimum absolute atomic E-state index is 0.0945. The van der Waals surface area contributed by atoms with Crippen LogP contribution in [-0.2, 0) is 11.2 Å². The van der Waals surface area contributed by atoms with E-state index in [0.29, 0.717) is 29.3 Å². The van der Waals surface area contributed by atoms with E-state index >= 15 is 0 Å². The number of carbonyl (C=O) groups excluding carboxylic acids is 1. The Labute approximate surface area is 179 Å². The molecule has 2 aromatic heterocycles. The molecule has 1 atom stereocenters. The first kappa shape index (κ1) is 20.7. The van der Waals surface area contributed by atoms with Crippen LogP contribution in [0.4, 0.5) is 5.69 Å². The van der Waals surface area contributed by atoms with Gasteiger partial charge < -0.3 is 19.8 Å².